The van der Waals surface area contributed by atoms with E-state index in [4.69, 9.17) is 11.6 Å². The second-order valence-electron chi connectivity index (χ2n) is 3.72. The number of benzene rings is 2. The standard InChI is InChI=1S/C15H12ClF/c16-15-8-6-13(7-9-15)14(11-17)10-12-4-2-1-3-5-12/h1-10H,11H2/b14-10-. The molecule has 0 aliphatic rings. The zero-order chi connectivity index (χ0) is 12.1. The highest BCUT2D eigenvalue weighted by atomic mass is 35.5. The summed E-state index contributed by atoms with van der Waals surface area (Å²) in [6.45, 7) is -0.490. The van der Waals surface area contributed by atoms with Crippen LogP contribution in [0.2, 0.25) is 5.02 Å². The molecule has 0 fully saturated rings. The Hall–Kier alpha value is -1.60. The van der Waals surface area contributed by atoms with Crippen LogP contribution in [0, 0.1) is 0 Å². The first-order valence-electron chi connectivity index (χ1n) is 5.37. The maximum atomic E-state index is 13.0. The Morgan fingerprint density at radius 1 is 1.00 bits per heavy atom. The van der Waals surface area contributed by atoms with E-state index in [9.17, 15) is 4.39 Å². The predicted octanol–water partition coefficient (Wildman–Crippen LogP) is 4.85. The van der Waals surface area contributed by atoms with Gasteiger partial charge in [-0.05, 0) is 34.9 Å². The van der Waals surface area contributed by atoms with Gasteiger partial charge in [-0.3, -0.25) is 0 Å². The van der Waals surface area contributed by atoms with Gasteiger partial charge in [-0.1, -0.05) is 54.1 Å². The molecular formula is C15H12ClF. The molecule has 0 aliphatic carbocycles. The monoisotopic (exact) mass is 246 g/mol. The number of rotatable bonds is 3. The summed E-state index contributed by atoms with van der Waals surface area (Å²) in [5.41, 5.74) is 2.52. The number of hydrogen-bond donors (Lipinski definition) is 0. The van der Waals surface area contributed by atoms with Gasteiger partial charge in [0.1, 0.15) is 6.67 Å². The lowest BCUT2D eigenvalue weighted by atomic mass is 10.0. The van der Waals surface area contributed by atoms with E-state index >= 15 is 0 Å². The van der Waals surface area contributed by atoms with Crippen molar-refractivity contribution in [3.8, 4) is 0 Å². The third kappa shape index (κ3) is 3.18. The molecule has 2 heteroatoms. The molecular weight excluding hydrogens is 235 g/mol. The summed E-state index contributed by atoms with van der Waals surface area (Å²) in [4.78, 5) is 0. The third-order valence-corrected chi connectivity index (χ3v) is 2.75. The lowest BCUT2D eigenvalue weighted by molar-refractivity contribution is 0.572. The van der Waals surface area contributed by atoms with Crippen molar-refractivity contribution >= 4 is 23.3 Å². The highest BCUT2D eigenvalue weighted by molar-refractivity contribution is 6.30. The molecule has 0 saturated heterocycles. The fourth-order valence-electron chi connectivity index (χ4n) is 1.61. The van der Waals surface area contributed by atoms with Crippen molar-refractivity contribution < 1.29 is 4.39 Å². The summed E-state index contributed by atoms with van der Waals surface area (Å²) in [6, 6.07) is 16.9. The van der Waals surface area contributed by atoms with E-state index in [-0.39, 0.29) is 0 Å². The van der Waals surface area contributed by atoms with Crippen LogP contribution in [0.15, 0.2) is 54.6 Å². The molecule has 0 atom stereocenters. The summed E-state index contributed by atoms with van der Waals surface area (Å²) < 4.78 is 13.0. The van der Waals surface area contributed by atoms with Crippen molar-refractivity contribution in [2.75, 3.05) is 6.67 Å². The molecule has 86 valence electrons. The van der Waals surface area contributed by atoms with E-state index in [1.165, 1.54) is 0 Å². The fourth-order valence-corrected chi connectivity index (χ4v) is 1.74. The average Bonchev–Trinajstić information content (AvgIpc) is 2.38. The third-order valence-electron chi connectivity index (χ3n) is 2.50. The van der Waals surface area contributed by atoms with Gasteiger partial charge in [0.05, 0.1) is 0 Å². The van der Waals surface area contributed by atoms with Gasteiger partial charge in [0.25, 0.3) is 0 Å². The van der Waals surface area contributed by atoms with Crippen molar-refractivity contribution in [2.45, 2.75) is 0 Å². The van der Waals surface area contributed by atoms with Gasteiger partial charge < -0.3 is 0 Å². The molecule has 2 aromatic carbocycles. The zero-order valence-corrected chi connectivity index (χ0v) is 9.99. The average molecular weight is 247 g/mol. The number of allylic oxidation sites excluding steroid dienone is 1. The molecule has 0 unspecified atom stereocenters. The topological polar surface area (TPSA) is 0 Å². The van der Waals surface area contributed by atoms with Crippen LogP contribution in [-0.4, -0.2) is 6.67 Å². The molecule has 0 saturated carbocycles. The van der Waals surface area contributed by atoms with E-state index in [0.717, 1.165) is 11.1 Å². The van der Waals surface area contributed by atoms with Crippen LogP contribution in [0.5, 0.6) is 0 Å². The second kappa shape index (κ2) is 5.65. The summed E-state index contributed by atoms with van der Waals surface area (Å²) in [5.74, 6) is 0. The maximum absolute atomic E-state index is 13.0. The van der Waals surface area contributed by atoms with E-state index in [1.807, 2.05) is 48.5 Å². The van der Waals surface area contributed by atoms with E-state index in [1.54, 1.807) is 12.1 Å². The molecule has 0 spiro atoms. The second-order valence-corrected chi connectivity index (χ2v) is 4.16. The van der Waals surface area contributed by atoms with Gasteiger partial charge in [0.15, 0.2) is 0 Å². The first kappa shape index (κ1) is 11.9. The summed E-state index contributed by atoms with van der Waals surface area (Å²) in [5, 5.41) is 0.659. The predicted molar refractivity (Wildman–Crippen MR) is 71.7 cm³/mol. The van der Waals surface area contributed by atoms with Gasteiger partial charge >= 0.3 is 0 Å². The van der Waals surface area contributed by atoms with Crippen LogP contribution in [0.3, 0.4) is 0 Å². The van der Waals surface area contributed by atoms with Crippen molar-refractivity contribution in [3.63, 3.8) is 0 Å². The highest BCUT2D eigenvalue weighted by Gasteiger charge is 2.01. The molecule has 2 aromatic rings. The number of halogens is 2. The van der Waals surface area contributed by atoms with Crippen molar-refractivity contribution in [1.82, 2.24) is 0 Å². The maximum Gasteiger partial charge on any atom is 0.115 e. The van der Waals surface area contributed by atoms with Gasteiger partial charge in [-0.2, -0.15) is 0 Å². The van der Waals surface area contributed by atoms with Crippen molar-refractivity contribution in [1.29, 1.82) is 0 Å². The SMILES string of the molecule is FC/C(=C/c1ccccc1)c1ccc(Cl)cc1. The molecule has 0 aromatic heterocycles. The molecule has 2 rings (SSSR count). The minimum atomic E-state index is -0.490. The van der Waals surface area contributed by atoms with Gasteiger partial charge in [0, 0.05) is 5.02 Å². The van der Waals surface area contributed by atoms with Crippen LogP contribution >= 0.6 is 11.6 Å². The highest BCUT2D eigenvalue weighted by Crippen LogP contribution is 2.20. The van der Waals surface area contributed by atoms with Crippen LogP contribution in [-0.2, 0) is 0 Å². The van der Waals surface area contributed by atoms with Crippen LogP contribution in [0.25, 0.3) is 11.6 Å². The van der Waals surface area contributed by atoms with E-state index < -0.39 is 6.67 Å². The normalized spacial score (nSPS) is 11.5. The molecule has 0 heterocycles. The lowest BCUT2D eigenvalue weighted by Gasteiger charge is -2.04. The molecule has 17 heavy (non-hydrogen) atoms. The van der Waals surface area contributed by atoms with Crippen LogP contribution in [0.4, 0.5) is 4.39 Å². The van der Waals surface area contributed by atoms with Gasteiger partial charge in [0.2, 0.25) is 0 Å². The largest absolute Gasteiger partial charge is 0.246 e. The van der Waals surface area contributed by atoms with Gasteiger partial charge in [-0.15, -0.1) is 0 Å². The molecule has 0 radical (unpaired) electrons. The van der Waals surface area contributed by atoms with Gasteiger partial charge in [-0.25, -0.2) is 4.39 Å². The molecule has 0 nitrogen and oxygen atoms in total. The van der Waals surface area contributed by atoms with E-state index in [2.05, 4.69) is 0 Å². The molecule has 0 amide bonds. The zero-order valence-electron chi connectivity index (χ0n) is 9.24. The Morgan fingerprint density at radius 3 is 2.24 bits per heavy atom. The lowest BCUT2D eigenvalue weighted by Crippen LogP contribution is -1.86. The van der Waals surface area contributed by atoms with Crippen molar-refractivity contribution in [3.05, 3.63) is 70.7 Å². The Kier molecular flexibility index (Phi) is 3.94. The fraction of sp³-hybridized carbons (Fsp3) is 0.0667. The summed E-state index contributed by atoms with van der Waals surface area (Å²) in [6.07, 6.45) is 1.85. The van der Waals surface area contributed by atoms with Crippen molar-refractivity contribution in [2.24, 2.45) is 0 Å². The summed E-state index contributed by atoms with van der Waals surface area (Å²) in [7, 11) is 0. The van der Waals surface area contributed by atoms with E-state index in [0.29, 0.717) is 10.6 Å². The number of alkyl halides is 1. The molecule has 0 bridgehead atoms. The quantitative estimate of drug-likeness (QED) is 0.679. The Morgan fingerprint density at radius 2 is 1.65 bits per heavy atom. The first-order valence-corrected chi connectivity index (χ1v) is 5.75. The van der Waals surface area contributed by atoms with Crippen LogP contribution < -0.4 is 0 Å². The molecule has 0 N–H and O–H groups in total. The summed E-state index contributed by atoms with van der Waals surface area (Å²) >= 11 is 5.81. The minimum Gasteiger partial charge on any atom is -0.246 e. The molecule has 0 aliphatic heterocycles. The van der Waals surface area contributed by atoms with Crippen LogP contribution in [0.1, 0.15) is 11.1 Å². The Bertz CT molecular complexity index is 500. The minimum absolute atomic E-state index is 0.490. The smallest absolute Gasteiger partial charge is 0.115 e. The Labute approximate surface area is 105 Å². The number of hydrogen-bond acceptors (Lipinski definition) is 0. The first-order chi connectivity index (χ1) is 8.29. The Balaban J connectivity index is 2.34.